The predicted octanol–water partition coefficient (Wildman–Crippen LogP) is 1.82. The molecule has 8 nitrogen and oxygen atoms in total. The molecule has 0 radical (unpaired) electrons. The molecule has 3 heterocycles. The molecule has 0 bridgehead atoms. The molecule has 9 heteroatoms. The summed E-state index contributed by atoms with van der Waals surface area (Å²) in [5.41, 5.74) is 7.64. The van der Waals surface area contributed by atoms with Crippen LogP contribution in [0.3, 0.4) is 0 Å². The highest BCUT2D eigenvalue weighted by atomic mass is 32.1. The molecule has 0 aromatic carbocycles. The number of hydrogen-bond donors (Lipinski definition) is 3. The highest BCUT2D eigenvalue weighted by molar-refractivity contribution is 7.13. The molecule has 1 atom stereocenters. The molecule has 3 aromatic heterocycles. The van der Waals surface area contributed by atoms with Crippen molar-refractivity contribution >= 4 is 28.0 Å². The zero-order valence-electron chi connectivity index (χ0n) is 14.7. The second-order valence-electron chi connectivity index (χ2n) is 6.43. The van der Waals surface area contributed by atoms with Gasteiger partial charge in [0.25, 0.3) is 5.91 Å². The Morgan fingerprint density at radius 3 is 2.88 bits per heavy atom. The number of rotatable bonds is 7. The summed E-state index contributed by atoms with van der Waals surface area (Å²) >= 11 is 1.42. The van der Waals surface area contributed by atoms with Crippen molar-refractivity contribution in [3.8, 4) is 0 Å². The number of nitrogens with one attached hydrogen (secondary N) is 1. The normalized spacial score (nSPS) is 12.6. The van der Waals surface area contributed by atoms with E-state index in [-0.39, 0.29) is 11.8 Å². The summed E-state index contributed by atoms with van der Waals surface area (Å²) in [6, 6.07) is 3.42. The fraction of sp³-hybridized carbons (Fsp3) is 0.412. The number of aromatic nitrogens is 4. The van der Waals surface area contributed by atoms with Crippen molar-refractivity contribution in [1.29, 1.82) is 0 Å². The summed E-state index contributed by atoms with van der Waals surface area (Å²) in [5, 5.41) is 23.7. The molecule has 0 saturated heterocycles. The minimum atomic E-state index is -0.742. The van der Waals surface area contributed by atoms with Crippen molar-refractivity contribution in [3.05, 3.63) is 40.8 Å². The monoisotopic (exact) mass is 374 g/mol. The third-order valence-corrected chi connectivity index (χ3v) is 4.77. The van der Waals surface area contributed by atoms with E-state index in [9.17, 15) is 9.90 Å². The quantitative estimate of drug-likeness (QED) is 0.543. The molecule has 0 aliphatic rings. The maximum Gasteiger partial charge on any atom is 0.252 e. The largest absolute Gasteiger partial charge is 0.385 e. The minimum Gasteiger partial charge on any atom is -0.385 e. The number of aliphatic hydroxyl groups is 1. The van der Waals surface area contributed by atoms with Gasteiger partial charge in [-0.25, -0.2) is 4.98 Å². The van der Waals surface area contributed by atoms with Crippen molar-refractivity contribution in [2.24, 2.45) is 5.92 Å². The van der Waals surface area contributed by atoms with Gasteiger partial charge in [0.05, 0.1) is 11.3 Å². The summed E-state index contributed by atoms with van der Waals surface area (Å²) in [6.07, 6.45) is 2.46. The number of anilines is 1. The van der Waals surface area contributed by atoms with Crippen LogP contribution in [0, 0.1) is 5.92 Å². The first-order valence-corrected chi connectivity index (χ1v) is 9.34. The van der Waals surface area contributed by atoms with E-state index >= 15 is 0 Å². The average Bonchev–Trinajstić information content (AvgIpc) is 3.23. The standard InChI is InChI=1S/C17H22N6O2S/c1-10(2)14(24)15-22-21-13-6-5-11(8-23(13)15)16(25)19-7-3-4-12-9-26-17(18)20-12/h5-6,8-10,14,24H,3-4,7H2,1-2H3,(H2,18,20)(H,19,25). The lowest BCUT2D eigenvalue weighted by Crippen LogP contribution is -2.25. The number of thiazole rings is 1. The second-order valence-corrected chi connectivity index (χ2v) is 7.32. The van der Waals surface area contributed by atoms with Crippen LogP contribution in [0.5, 0.6) is 0 Å². The number of nitrogen functional groups attached to an aromatic ring is 1. The van der Waals surface area contributed by atoms with Crippen molar-refractivity contribution < 1.29 is 9.90 Å². The number of aliphatic hydroxyl groups excluding tert-OH is 1. The molecule has 138 valence electrons. The van der Waals surface area contributed by atoms with E-state index in [4.69, 9.17) is 5.73 Å². The fourth-order valence-corrected chi connectivity index (χ4v) is 3.15. The summed E-state index contributed by atoms with van der Waals surface area (Å²) < 4.78 is 1.66. The number of nitrogens with zero attached hydrogens (tertiary/aromatic N) is 4. The maximum absolute atomic E-state index is 12.4. The summed E-state index contributed by atoms with van der Waals surface area (Å²) in [5.74, 6) is 0.258. The topological polar surface area (TPSA) is 118 Å². The molecule has 3 aromatic rings. The van der Waals surface area contributed by atoms with Crippen LogP contribution in [-0.2, 0) is 6.42 Å². The molecule has 4 N–H and O–H groups in total. The van der Waals surface area contributed by atoms with Crippen LogP contribution in [0.2, 0.25) is 0 Å². The van der Waals surface area contributed by atoms with Gasteiger partial charge >= 0.3 is 0 Å². The summed E-state index contributed by atoms with van der Waals surface area (Å²) in [7, 11) is 0. The van der Waals surface area contributed by atoms with Crippen LogP contribution >= 0.6 is 11.3 Å². The van der Waals surface area contributed by atoms with Crippen molar-refractivity contribution in [3.63, 3.8) is 0 Å². The first-order valence-electron chi connectivity index (χ1n) is 8.46. The van der Waals surface area contributed by atoms with E-state index in [0.29, 0.717) is 28.7 Å². The molecule has 1 amide bonds. The lowest BCUT2D eigenvalue weighted by molar-refractivity contribution is 0.0952. The van der Waals surface area contributed by atoms with Gasteiger partial charge in [-0.15, -0.1) is 21.5 Å². The zero-order valence-corrected chi connectivity index (χ0v) is 15.5. The van der Waals surface area contributed by atoms with Crippen LogP contribution in [0.4, 0.5) is 5.13 Å². The molecule has 26 heavy (non-hydrogen) atoms. The number of pyridine rings is 1. The van der Waals surface area contributed by atoms with Crippen molar-refractivity contribution in [1.82, 2.24) is 24.9 Å². The van der Waals surface area contributed by atoms with E-state index in [1.807, 2.05) is 19.2 Å². The number of aryl methyl sites for hydroxylation is 1. The van der Waals surface area contributed by atoms with Gasteiger partial charge in [0.1, 0.15) is 6.10 Å². The molecule has 0 spiro atoms. The Balaban J connectivity index is 1.63. The van der Waals surface area contributed by atoms with Crippen LogP contribution in [0.25, 0.3) is 5.65 Å². The number of carbonyl (C=O) groups excluding carboxylic acids is 1. The lowest BCUT2D eigenvalue weighted by Gasteiger charge is -2.12. The van der Waals surface area contributed by atoms with Gasteiger partial charge < -0.3 is 16.2 Å². The maximum atomic E-state index is 12.4. The number of fused-ring (bicyclic) bond motifs is 1. The number of amides is 1. The molecular weight excluding hydrogens is 352 g/mol. The molecular formula is C17H22N6O2S. The number of nitrogens with two attached hydrogens (primary N) is 1. The SMILES string of the molecule is CC(C)C(O)c1nnc2ccc(C(=O)NCCCc3csc(N)n3)cn12. The van der Waals surface area contributed by atoms with Crippen LogP contribution in [0.15, 0.2) is 23.7 Å². The van der Waals surface area contributed by atoms with Gasteiger partial charge in [0.2, 0.25) is 0 Å². The summed E-state index contributed by atoms with van der Waals surface area (Å²) in [6.45, 7) is 4.34. The summed E-state index contributed by atoms with van der Waals surface area (Å²) in [4.78, 5) is 16.6. The molecule has 0 aliphatic heterocycles. The van der Waals surface area contributed by atoms with E-state index in [0.717, 1.165) is 18.5 Å². The Morgan fingerprint density at radius 2 is 2.19 bits per heavy atom. The molecule has 3 rings (SSSR count). The average molecular weight is 374 g/mol. The third kappa shape index (κ3) is 4.00. The predicted molar refractivity (Wildman–Crippen MR) is 100.0 cm³/mol. The van der Waals surface area contributed by atoms with E-state index in [1.165, 1.54) is 11.3 Å². The van der Waals surface area contributed by atoms with Crippen LogP contribution in [-0.4, -0.2) is 37.1 Å². The first kappa shape index (κ1) is 18.3. The zero-order chi connectivity index (χ0) is 18.7. The van der Waals surface area contributed by atoms with Gasteiger partial charge in [-0.05, 0) is 30.9 Å². The highest BCUT2D eigenvalue weighted by Gasteiger charge is 2.19. The van der Waals surface area contributed by atoms with Gasteiger partial charge in [0, 0.05) is 18.1 Å². The lowest BCUT2D eigenvalue weighted by atomic mass is 10.1. The van der Waals surface area contributed by atoms with Gasteiger partial charge in [0.15, 0.2) is 16.6 Å². The van der Waals surface area contributed by atoms with E-state index in [2.05, 4.69) is 20.5 Å². The second kappa shape index (κ2) is 7.79. The molecule has 0 fully saturated rings. The highest BCUT2D eigenvalue weighted by Crippen LogP contribution is 2.20. The smallest absolute Gasteiger partial charge is 0.252 e. The fourth-order valence-electron chi connectivity index (χ4n) is 2.55. The van der Waals surface area contributed by atoms with Crippen molar-refractivity contribution in [2.45, 2.75) is 32.8 Å². The van der Waals surface area contributed by atoms with E-state index in [1.54, 1.807) is 22.7 Å². The number of carbonyl (C=O) groups is 1. The third-order valence-electron chi connectivity index (χ3n) is 4.05. The Hall–Kier alpha value is -2.52. The van der Waals surface area contributed by atoms with Crippen molar-refractivity contribution in [2.75, 3.05) is 12.3 Å². The van der Waals surface area contributed by atoms with Gasteiger partial charge in [-0.1, -0.05) is 13.8 Å². The molecule has 0 saturated carbocycles. The Morgan fingerprint density at radius 1 is 1.38 bits per heavy atom. The first-order chi connectivity index (χ1) is 12.5. The molecule has 0 aliphatic carbocycles. The van der Waals surface area contributed by atoms with Gasteiger partial charge in [-0.2, -0.15) is 0 Å². The van der Waals surface area contributed by atoms with E-state index < -0.39 is 6.10 Å². The Bertz CT molecular complexity index is 904. The van der Waals surface area contributed by atoms with Gasteiger partial charge in [-0.3, -0.25) is 9.20 Å². The molecule has 1 unspecified atom stereocenters. The van der Waals surface area contributed by atoms with Crippen LogP contribution < -0.4 is 11.1 Å². The Kier molecular flexibility index (Phi) is 5.48. The van der Waals surface area contributed by atoms with Crippen LogP contribution in [0.1, 0.15) is 48.2 Å². The number of hydrogen-bond acceptors (Lipinski definition) is 7. The Labute approximate surface area is 155 Å². The minimum absolute atomic E-state index is 0.000339.